The fourth-order valence-electron chi connectivity index (χ4n) is 1.57. The average Bonchev–Trinajstić information content (AvgIpc) is 2.70. The third-order valence-corrected chi connectivity index (χ3v) is 3.78. The average molecular weight is 317 g/mol. The molecule has 0 amide bonds. The monoisotopic (exact) mass is 316 g/mol. The molecular formula is C12H15BBrFO3. The second-order valence-corrected chi connectivity index (χ2v) is 6.04. The topological polar surface area (TPSA) is 31.6 Å². The van der Waals surface area contributed by atoms with E-state index in [-0.39, 0.29) is 0 Å². The molecule has 0 saturated carbocycles. The van der Waals surface area contributed by atoms with Gasteiger partial charge in [0, 0.05) is 6.08 Å². The Morgan fingerprint density at radius 2 is 1.78 bits per heavy atom. The van der Waals surface area contributed by atoms with Crippen molar-refractivity contribution >= 4 is 29.1 Å². The zero-order valence-corrected chi connectivity index (χ0v) is 12.4. The van der Waals surface area contributed by atoms with Crippen LogP contribution in [0, 0.1) is 0 Å². The van der Waals surface area contributed by atoms with Gasteiger partial charge in [0.05, 0.1) is 11.2 Å². The second kappa shape index (κ2) is 4.51. The Balaban J connectivity index is 2.17. The summed E-state index contributed by atoms with van der Waals surface area (Å²) in [5.74, 6) is 0.411. The summed E-state index contributed by atoms with van der Waals surface area (Å²) in [4.78, 5) is 0. The van der Waals surface area contributed by atoms with Gasteiger partial charge < -0.3 is 13.7 Å². The van der Waals surface area contributed by atoms with Gasteiger partial charge in [-0.1, -0.05) is 0 Å². The van der Waals surface area contributed by atoms with Crippen LogP contribution in [-0.2, 0) is 9.31 Å². The second-order valence-electron chi connectivity index (χ2n) is 5.26. The van der Waals surface area contributed by atoms with Crippen LogP contribution in [0.4, 0.5) is 4.39 Å². The lowest BCUT2D eigenvalue weighted by Crippen LogP contribution is -2.41. The highest BCUT2D eigenvalue weighted by Gasteiger charge is 2.53. The normalized spacial score (nSPS) is 22.6. The van der Waals surface area contributed by atoms with Crippen LogP contribution in [0.5, 0.6) is 0 Å². The predicted molar refractivity (Wildman–Crippen MR) is 71.6 cm³/mol. The molecule has 1 aliphatic heterocycles. The zero-order valence-electron chi connectivity index (χ0n) is 10.8. The van der Waals surface area contributed by atoms with E-state index in [4.69, 9.17) is 13.7 Å². The summed E-state index contributed by atoms with van der Waals surface area (Å²) in [5.41, 5.74) is -1.60. The van der Waals surface area contributed by atoms with E-state index in [0.29, 0.717) is 10.4 Å². The van der Waals surface area contributed by atoms with E-state index < -0.39 is 24.0 Å². The molecular weight excluding hydrogens is 302 g/mol. The molecule has 0 aliphatic carbocycles. The first kappa shape index (κ1) is 13.8. The van der Waals surface area contributed by atoms with Gasteiger partial charge in [0.15, 0.2) is 4.67 Å². The van der Waals surface area contributed by atoms with Crippen LogP contribution >= 0.6 is 15.9 Å². The van der Waals surface area contributed by atoms with Gasteiger partial charge in [-0.05, 0) is 55.8 Å². The number of rotatable bonds is 2. The molecule has 1 aromatic rings. The first-order valence-corrected chi connectivity index (χ1v) is 6.49. The van der Waals surface area contributed by atoms with Crippen LogP contribution in [0.25, 0.3) is 6.08 Å². The van der Waals surface area contributed by atoms with Crippen molar-refractivity contribution in [1.29, 1.82) is 0 Å². The van der Waals surface area contributed by atoms with Crippen LogP contribution < -0.4 is 0 Å². The molecule has 0 aromatic carbocycles. The molecule has 6 heteroatoms. The largest absolute Gasteiger partial charge is 0.525 e. The SMILES string of the molecule is CC1(C)OB(C(F)=Cc2ccc(Br)o2)OC1(C)C. The van der Waals surface area contributed by atoms with E-state index in [2.05, 4.69) is 15.9 Å². The van der Waals surface area contributed by atoms with E-state index in [0.717, 1.165) is 0 Å². The van der Waals surface area contributed by atoms with Gasteiger partial charge in [-0.15, -0.1) is 0 Å². The highest BCUT2D eigenvalue weighted by atomic mass is 79.9. The number of hydrogen-bond acceptors (Lipinski definition) is 3. The Morgan fingerprint density at radius 3 is 2.22 bits per heavy atom. The van der Waals surface area contributed by atoms with Gasteiger partial charge in [0.2, 0.25) is 0 Å². The summed E-state index contributed by atoms with van der Waals surface area (Å²) < 4.78 is 31.0. The molecule has 1 saturated heterocycles. The maximum atomic E-state index is 14.0. The molecule has 0 unspecified atom stereocenters. The van der Waals surface area contributed by atoms with Gasteiger partial charge >= 0.3 is 7.12 Å². The van der Waals surface area contributed by atoms with Crippen molar-refractivity contribution in [3.8, 4) is 0 Å². The van der Waals surface area contributed by atoms with Crippen molar-refractivity contribution in [2.45, 2.75) is 38.9 Å². The molecule has 0 atom stereocenters. The van der Waals surface area contributed by atoms with Crippen LogP contribution in [0.1, 0.15) is 33.5 Å². The van der Waals surface area contributed by atoms with Gasteiger partial charge in [-0.25, -0.2) is 4.39 Å². The highest BCUT2D eigenvalue weighted by molar-refractivity contribution is 9.10. The standard InChI is InChI=1S/C12H15BBrFO3/c1-11(2)12(3,4)18-13(17-11)9(15)7-8-5-6-10(14)16-8/h5-7H,1-4H3. The minimum atomic E-state index is -0.987. The van der Waals surface area contributed by atoms with Crippen LogP contribution in [-0.4, -0.2) is 18.3 Å². The predicted octanol–water partition coefficient (Wildman–Crippen LogP) is 3.98. The summed E-state index contributed by atoms with van der Waals surface area (Å²) in [6.07, 6.45) is 1.27. The third-order valence-electron chi connectivity index (χ3n) is 3.35. The maximum absolute atomic E-state index is 14.0. The van der Waals surface area contributed by atoms with E-state index in [1.807, 2.05) is 27.7 Å². The van der Waals surface area contributed by atoms with Crippen LogP contribution in [0.2, 0.25) is 0 Å². The van der Waals surface area contributed by atoms with Gasteiger partial charge in [-0.2, -0.15) is 0 Å². The summed E-state index contributed by atoms with van der Waals surface area (Å²) in [5, 5.41) is 0. The fourth-order valence-corrected chi connectivity index (χ4v) is 1.88. The Kier molecular flexibility index (Phi) is 3.47. The Labute approximate surface area is 115 Å². The third kappa shape index (κ3) is 2.55. The molecule has 2 heterocycles. The first-order valence-electron chi connectivity index (χ1n) is 5.69. The van der Waals surface area contributed by atoms with Crippen molar-refractivity contribution in [3.63, 3.8) is 0 Å². The lowest BCUT2D eigenvalue weighted by atomic mass is 9.87. The van der Waals surface area contributed by atoms with Crippen LogP contribution in [0.15, 0.2) is 26.9 Å². The molecule has 2 rings (SSSR count). The Hall–Kier alpha value is -0.585. The van der Waals surface area contributed by atoms with Crippen molar-refractivity contribution in [2.24, 2.45) is 0 Å². The summed E-state index contributed by atoms with van der Waals surface area (Å²) in [7, 11) is -0.987. The Morgan fingerprint density at radius 1 is 1.22 bits per heavy atom. The van der Waals surface area contributed by atoms with E-state index in [1.54, 1.807) is 12.1 Å². The number of furan rings is 1. The van der Waals surface area contributed by atoms with Crippen LogP contribution in [0.3, 0.4) is 0 Å². The summed E-state index contributed by atoms with van der Waals surface area (Å²) >= 11 is 3.16. The summed E-state index contributed by atoms with van der Waals surface area (Å²) in [6, 6.07) is 3.36. The van der Waals surface area contributed by atoms with E-state index in [9.17, 15) is 4.39 Å². The molecule has 0 radical (unpaired) electrons. The number of hydrogen-bond donors (Lipinski definition) is 0. The molecule has 0 bridgehead atoms. The van der Waals surface area contributed by atoms with Crippen molar-refractivity contribution in [1.82, 2.24) is 0 Å². The van der Waals surface area contributed by atoms with Crippen molar-refractivity contribution in [3.05, 3.63) is 28.3 Å². The molecule has 1 aliphatic rings. The zero-order chi connectivity index (χ0) is 13.6. The molecule has 1 fully saturated rings. The molecule has 98 valence electrons. The lowest BCUT2D eigenvalue weighted by Gasteiger charge is -2.32. The van der Waals surface area contributed by atoms with Crippen molar-refractivity contribution in [2.75, 3.05) is 0 Å². The molecule has 0 spiro atoms. The lowest BCUT2D eigenvalue weighted by molar-refractivity contribution is 0.00578. The van der Waals surface area contributed by atoms with Crippen molar-refractivity contribution < 1.29 is 18.1 Å². The smallest absolute Gasteiger partial charge is 0.450 e. The molecule has 18 heavy (non-hydrogen) atoms. The van der Waals surface area contributed by atoms with Gasteiger partial charge in [-0.3, -0.25) is 0 Å². The quantitative estimate of drug-likeness (QED) is 0.773. The molecule has 0 N–H and O–H groups in total. The van der Waals surface area contributed by atoms with Gasteiger partial charge in [0.25, 0.3) is 0 Å². The summed E-state index contributed by atoms with van der Waals surface area (Å²) in [6.45, 7) is 7.51. The van der Waals surface area contributed by atoms with E-state index in [1.165, 1.54) is 6.08 Å². The number of halogens is 2. The highest BCUT2D eigenvalue weighted by Crippen LogP contribution is 2.39. The molecule has 1 aromatic heterocycles. The minimum Gasteiger partial charge on any atom is -0.450 e. The Bertz CT molecular complexity index is 465. The minimum absolute atomic E-state index is 0.411. The van der Waals surface area contributed by atoms with E-state index >= 15 is 0 Å². The fraction of sp³-hybridized carbons (Fsp3) is 0.500. The first-order chi connectivity index (χ1) is 8.21. The van der Waals surface area contributed by atoms with Gasteiger partial charge in [0.1, 0.15) is 11.5 Å². The molecule has 3 nitrogen and oxygen atoms in total. The maximum Gasteiger partial charge on any atom is 0.525 e.